The quantitative estimate of drug-likeness (QED) is 0.497. The van der Waals surface area contributed by atoms with Gasteiger partial charge in [-0.2, -0.15) is 0 Å². The zero-order chi connectivity index (χ0) is 16.1. The summed E-state index contributed by atoms with van der Waals surface area (Å²) in [5.74, 6) is -2.45. The number of hydrogen-bond acceptors (Lipinski definition) is 5. The van der Waals surface area contributed by atoms with Crippen LogP contribution in [-0.2, 0) is 4.79 Å². The number of aliphatic carboxylic acids is 1. The van der Waals surface area contributed by atoms with Gasteiger partial charge in [0.15, 0.2) is 5.76 Å². The molecule has 0 unspecified atom stereocenters. The fourth-order valence-electron chi connectivity index (χ4n) is 1.63. The summed E-state index contributed by atoms with van der Waals surface area (Å²) in [7, 11) is 0. The minimum Gasteiger partial charge on any atom is -0.478 e. The number of carboxylic acids is 1. The minimum atomic E-state index is -1.09. The number of carboxylic acid groups (broad SMARTS) is 1. The Balaban J connectivity index is 2.12. The molecule has 0 bridgehead atoms. The lowest BCUT2D eigenvalue weighted by Crippen LogP contribution is -2.10. The van der Waals surface area contributed by atoms with E-state index in [-0.39, 0.29) is 5.76 Å². The van der Waals surface area contributed by atoms with Crippen LogP contribution in [0.4, 0.5) is 11.6 Å². The molecule has 0 radical (unpaired) electrons. The largest absolute Gasteiger partial charge is 0.478 e. The van der Waals surface area contributed by atoms with Crippen LogP contribution in [0.15, 0.2) is 46.9 Å². The Kier molecular flexibility index (Phi) is 4.33. The Morgan fingerprint density at radius 3 is 2.68 bits per heavy atom. The molecule has 8 heteroatoms. The Morgan fingerprint density at radius 1 is 1.27 bits per heavy atom. The van der Waals surface area contributed by atoms with Gasteiger partial charge >= 0.3 is 11.9 Å². The van der Waals surface area contributed by atoms with Gasteiger partial charge in [0.2, 0.25) is 0 Å². The summed E-state index contributed by atoms with van der Waals surface area (Å²) in [6.45, 7) is 0. The number of nitro groups is 1. The summed E-state index contributed by atoms with van der Waals surface area (Å²) < 4.78 is 4.79. The van der Waals surface area contributed by atoms with Gasteiger partial charge in [-0.15, -0.1) is 0 Å². The molecule has 0 aliphatic carbocycles. The SMILES string of the molecule is O=C(O)/C=C/c1cccc(NC(=O)c2ccc([N+](=O)[O-])o2)c1. The second kappa shape index (κ2) is 6.35. The molecule has 1 aromatic carbocycles. The molecular weight excluding hydrogens is 292 g/mol. The van der Waals surface area contributed by atoms with E-state index in [1.165, 1.54) is 12.1 Å². The Hall–Kier alpha value is -3.42. The number of anilines is 1. The van der Waals surface area contributed by atoms with E-state index < -0.39 is 22.7 Å². The van der Waals surface area contributed by atoms with Gasteiger partial charge in [-0.25, -0.2) is 4.79 Å². The van der Waals surface area contributed by atoms with Gasteiger partial charge in [-0.3, -0.25) is 14.9 Å². The van der Waals surface area contributed by atoms with Crippen LogP contribution in [-0.4, -0.2) is 21.9 Å². The van der Waals surface area contributed by atoms with Gasteiger partial charge in [0.1, 0.15) is 4.92 Å². The Morgan fingerprint density at radius 2 is 2.05 bits per heavy atom. The zero-order valence-electron chi connectivity index (χ0n) is 11.1. The van der Waals surface area contributed by atoms with Crippen LogP contribution in [0.5, 0.6) is 0 Å². The van der Waals surface area contributed by atoms with E-state index in [4.69, 9.17) is 9.52 Å². The molecule has 0 fully saturated rings. The maximum absolute atomic E-state index is 11.9. The Labute approximate surface area is 123 Å². The summed E-state index contributed by atoms with van der Waals surface area (Å²) in [6.07, 6.45) is 2.34. The molecule has 1 heterocycles. The van der Waals surface area contributed by atoms with Crippen LogP contribution in [0.3, 0.4) is 0 Å². The molecule has 1 aromatic heterocycles. The molecule has 22 heavy (non-hydrogen) atoms. The number of carbonyl (C=O) groups excluding carboxylic acids is 1. The second-order valence-corrected chi connectivity index (χ2v) is 4.15. The van der Waals surface area contributed by atoms with Gasteiger partial charge in [-0.05, 0) is 29.8 Å². The molecule has 0 aliphatic heterocycles. The van der Waals surface area contributed by atoms with E-state index >= 15 is 0 Å². The molecule has 2 N–H and O–H groups in total. The topological polar surface area (TPSA) is 123 Å². The summed E-state index contributed by atoms with van der Waals surface area (Å²) in [6, 6.07) is 8.71. The molecule has 2 aromatic rings. The molecular formula is C14H10N2O6. The molecule has 0 aliphatic rings. The van der Waals surface area contributed by atoms with Crippen LogP contribution in [0.1, 0.15) is 16.1 Å². The third kappa shape index (κ3) is 3.79. The monoisotopic (exact) mass is 302 g/mol. The van der Waals surface area contributed by atoms with Crippen molar-refractivity contribution in [3.05, 3.63) is 63.9 Å². The van der Waals surface area contributed by atoms with E-state index in [1.54, 1.807) is 24.3 Å². The number of amides is 1. The van der Waals surface area contributed by atoms with Crippen LogP contribution in [0, 0.1) is 10.1 Å². The maximum atomic E-state index is 11.9. The summed E-state index contributed by atoms with van der Waals surface area (Å²) in [5, 5.41) is 21.6. The molecule has 8 nitrogen and oxygen atoms in total. The lowest BCUT2D eigenvalue weighted by atomic mass is 10.2. The predicted molar refractivity (Wildman–Crippen MR) is 76.4 cm³/mol. The standard InChI is InChI=1S/C14H10N2O6/c17-13(18)7-4-9-2-1-3-10(8-9)15-14(19)11-5-6-12(22-11)16(20)21/h1-8H,(H,15,19)(H,17,18)/b7-4+. The van der Waals surface area contributed by atoms with Gasteiger partial charge in [0, 0.05) is 11.8 Å². The third-order valence-corrected chi connectivity index (χ3v) is 2.56. The number of nitrogens with one attached hydrogen (secondary N) is 1. The number of carbonyl (C=O) groups is 2. The van der Waals surface area contributed by atoms with Crippen molar-refractivity contribution in [3.8, 4) is 0 Å². The molecule has 0 atom stereocenters. The second-order valence-electron chi connectivity index (χ2n) is 4.15. The van der Waals surface area contributed by atoms with Gasteiger partial charge in [-0.1, -0.05) is 12.1 Å². The van der Waals surface area contributed by atoms with Crippen molar-refractivity contribution in [3.63, 3.8) is 0 Å². The van der Waals surface area contributed by atoms with E-state index in [9.17, 15) is 19.7 Å². The normalized spacial score (nSPS) is 10.5. The highest BCUT2D eigenvalue weighted by Crippen LogP contribution is 2.18. The van der Waals surface area contributed by atoms with Crippen molar-refractivity contribution < 1.29 is 24.0 Å². The smallest absolute Gasteiger partial charge is 0.433 e. The van der Waals surface area contributed by atoms with Crippen LogP contribution >= 0.6 is 0 Å². The van der Waals surface area contributed by atoms with Crippen LogP contribution in [0.25, 0.3) is 6.08 Å². The van der Waals surface area contributed by atoms with Crippen molar-refractivity contribution in [1.29, 1.82) is 0 Å². The number of furan rings is 1. The van der Waals surface area contributed by atoms with Crippen molar-refractivity contribution in [2.24, 2.45) is 0 Å². The van der Waals surface area contributed by atoms with Gasteiger partial charge in [0.25, 0.3) is 5.91 Å². The number of benzene rings is 1. The molecule has 0 saturated heterocycles. The van der Waals surface area contributed by atoms with Gasteiger partial charge < -0.3 is 14.8 Å². The highest BCUT2D eigenvalue weighted by molar-refractivity contribution is 6.02. The Bertz CT molecular complexity index is 762. The van der Waals surface area contributed by atoms with Crippen LogP contribution < -0.4 is 5.32 Å². The minimum absolute atomic E-state index is 0.196. The lowest BCUT2D eigenvalue weighted by Gasteiger charge is -2.03. The van der Waals surface area contributed by atoms with E-state index in [1.807, 2.05) is 0 Å². The molecule has 112 valence electrons. The fraction of sp³-hybridized carbons (Fsp3) is 0. The lowest BCUT2D eigenvalue weighted by molar-refractivity contribution is -0.402. The highest BCUT2D eigenvalue weighted by Gasteiger charge is 2.17. The first kappa shape index (κ1) is 15.0. The van der Waals surface area contributed by atoms with Gasteiger partial charge in [0.05, 0.1) is 6.07 Å². The first-order valence-electron chi connectivity index (χ1n) is 6.02. The first-order chi connectivity index (χ1) is 10.5. The maximum Gasteiger partial charge on any atom is 0.433 e. The summed E-state index contributed by atoms with van der Waals surface area (Å²) >= 11 is 0. The van der Waals surface area contributed by atoms with E-state index in [0.717, 1.165) is 12.1 Å². The van der Waals surface area contributed by atoms with Crippen molar-refractivity contribution in [1.82, 2.24) is 0 Å². The predicted octanol–water partition coefficient (Wildman–Crippen LogP) is 2.54. The van der Waals surface area contributed by atoms with Crippen LogP contribution in [0.2, 0.25) is 0 Å². The van der Waals surface area contributed by atoms with Crippen molar-refractivity contribution >= 4 is 29.5 Å². The average Bonchev–Trinajstić information content (AvgIpc) is 2.95. The fourth-order valence-corrected chi connectivity index (χ4v) is 1.63. The molecule has 0 saturated carbocycles. The number of nitrogens with zero attached hydrogens (tertiary/aromatic N) is 1. The molecule has 1 amide bonds. The summed E-state index contributed by atoms with van der Waals surface area (Å²) in [5.41, 5.74) is 0.974. The van der Waals surface area contributed by atoms with Crippen molar-refractivity contribution in [2.75, 3.05) is 5.32 Å². The molecule has 0 spiro atoms. The number of rotatable bonds is 5. The van der Waals surface area contributed by atoms with E-state index in [0.29, 0.717) is 11.3 Å². The average molecular weight is 302 g/mol. The summed E-state index contributed by atoms with van der Waals surface area (Å²) in [4.78, 5) is 32.1. The molecule has 2 rings (SSSR count). The first-order valence-corrected chi connectivity index (χ1v) is 6.02. The number of hydrogen-bond donors (Lipinski definition) is 2. The highest BCUT2D eigenvalue weighted by atomic mass is 16.6. The van der Waals surface area contributed by atoms with Crippen molar-refractivity contribution in [2.45, 2.75) is 0 Å². The zero-order valence-corrected chi connectivity index (χ0v) is 11.1. The van der Waals surface area contributed by atoms with E-state index in [2.05, 4.69) is 5.32 Å². The third-order valence-electron chi connectivity index (χ3n) is 2.56.